The predicted molar refractivity (Wildman–Crippen MR) is 73.1 cm³/mol. The van der Waals surface area contributed by atoms with Crippen LogP contribution in [0.25, 0.3) is 0 Å². The van der Waals surface area contributed by atoms with Gasteiger partial charge in [-0.25, -0.2) is 4.74 Å². The van der Waals surface area contributed by atoms with E-state index in [1.165, 1.54) is 0 Å². The van der Waals surface area contributed by atoms with Crippen LogP contribution in [0.2, 0.25) is 0 Å². The van der Waals surface area contributed by atoms with E-state index >= 15 is 0 Å². The minimum atomic E-state index is 0.372. The molecule has 0 fully saturated rings. The molecule has 0 unspecified atom stereocenters. The topological polar surface area (TPSA) is 26.1 Å². The quantitative estimate of drug-likeness (QED) is 0.367. The monoisotopic (exact) mass is 289 g/mol. The number of halogens is 1. The SMILES string of the molecule is [O-]/[N+](=C\c1ccc(Br)cc1)Cc1ccccc1. The highest BCUT2D eigenvalue weighted by Crippen LogP contribution is 2.09. The lowest BCUT2D eigenvalue weighted by Crippen LogP contribution is -2.05. The summed E-state index contributed by atoms with van der Waals surface area (Å²) in [6.07, 6.45) is 1.60. The van der Waals surface area contributed by atoms with Crippen molar-refractivity contribution in [2.75, 3.05) is 0 Å². The normalized spacial score (nSPS) is 11.5. The van der Waals surface area contributed by atoms with Crippen LogP contribution in [0.3, 0.4) is 0 Å². The smallest absolute Gasteiger partial charge is 0.182 e. The molecule has 0 N–H and O–H groups in total. The molecule has 0 radical (unpaired) electrons. The fourth-order valence-electron chi connectivity index (χ4n) is 1.52. The van der Waals surface area contributed by atoms with Gasteiger partial charge in [-0.2, -0.15) is 0 Å². The second-order valence-corrected chi connectivity index (χ2v) is 4.66. The summed E-state index contributed by atoms with van der Waals surface area (Å²) in [4.78, 5) is 0. The van der Waals surface area contributed by atoms with Crippen molar-refractivity contribution in [1.29, 1.82) is 0 Å². The molecule has 0 aliphatic rings. The molecule has 0 aromatic heterocycles. The fourth-order valence-corrected chi connectivity index (χ4v) is 1.79. The van der Waals surface area contributed by atoms with Gasteiger partial charge in [0.2, 0.25) is 0 Å². The van der Waals surface area contributed by atoms with E-state index in [0.29, 0.717) is 6.54 Å². The average Bonchev–Trinajstić information content (AvgIpc) is 2.33. The first-order chi connectivity index (χ1) is 8.24. The van der Waals surface area contributed by atoms with Gasteiger partial charge in [0, 0.05) is 15.6 Å². The predicted octanol–water partition coefficient (Wildman–Crippen LogP) is 3.58. The molecule has 0 saturated carbocycles. The van der Waals surface area contributed by atoms with Crippen LogP contribution in [0.1, 0.15) is 11.1 Å². The highest BCUT2D eigenvalue weighted by Gasteiger charge is 1.98. The van der Waals surface area contributed by atoms with Crippen molar-refractivity contribution in [2.24, 2.45) is 0 Å². The lowest BCUT2D eigenvalue weighted by molar-refractivity contribution is -0.469. The third kappa shape index (κ3) is 3.71. The van der Waals surface area contributed by atoms with E-state index in [9.17, 15) is 5.21 Å². The van der Waals surface area contributed by atoms with E-state index in [4.69, 9.17) is 0 Å². The zero-order valence-corrected chi connectivity index (χ0v) is 10.8. The van der Waals surface area contributed by atoms with Crippen LogP contribution < -0.4 is 0 Å². The Bertz CT molecular complexity index is 506. The average molecular weight is 290 g/mol. The van der Waals surface area contributed by atoms with Gasteiger partial charge in [-0.1, -0.05) is 46.3 Å². The maximum absolute atomic E-state index is 11.7. The van der Waals surface area contributed by atoms with E-state index in [-0.39, 0.29) is 0 Å². The molecule has 17 heavy (non-hydrogen) atoms. The van der Waals surface area contributed by atoms with E-state index in [1.807, 2.05) is 54.6 Å². The Labute approximate surface area is 109 Å². The summed E-state index contributed by atoms with van der Waals surface area (Å²) in [7, 11) is 0. The minimum Gasteiger partial charge on any atom is -0.624 e. The molecule has 0 aliphatic carbocycles. The Hall–Kier alpha value is -1.61. The molecule has 2 aromatic rings. The van der Waals surface area contributed by atoms with Gasteiger partial charge in [0.1, 0.15) is 0 Å². The summed E-state index contributed by atoms with van der Waals surface area (Å²) in [5.41, 5.74) is 1.91. The van der Waals surface area contributed by atoms with Gasteiger partial charge < -0.3 is 5.21 Å². The number of hydrogen-bond donors (Lipinski definition) is 0. The molecule has 2 nitrogen and oxygen atoms in total. The third-order valence-electron chi connectivity index (χ3n) is 2.34. The van der Waals surface area contributed by atoms with Gasteiger partial charge in [0.05, 0.1) is 0 Å². The molecule has 0 amide bonds. The lowest BCUT2D eigenvalue weighted by atomic mass is 10.2. The Morgan fingerprint density at radius 1 is 1.00 bits per heavy atom. The summed E-state index contributed by atoms with van der Waals surface area (Å²) < 4.78 is 1.95. The van der Waals surface area contributed by atoms with Crippen molar-refractivity contribution in [2.45, 2.75) is 6.54 Å². The van der Waals surface area contributed by atoms with E-state index in [1.54, 1.807) is 6.21 Å². The lowest BCUT2D eigenvalue weighted by Gasteiger charge is -2.04. The molecule has 0 spiro atoms. The van der Waals surface area contributed by atoms with Gasteiger partial charge in [0.15, 0.2) is 12.8 Å². The standard InChI is InChI=1S/C14H12BrNO/c15-14-8-6-13(7-9-14)11-16(17)10-12-4-2-1-3-5-12/h1-9,11H,10H2/b16-11-. The summed E-state index contributed by atoms with van der Waals surface area (Å²) >= 11 is 3.36. The van der Waals surface area contributed by atoms with Crippen molar-refractivity contribution >= 4 is 22.1 Å². The number of benzene rings is 2. The highest BCUT2D eigenvalue weighted by molar-refractivity contribution is 9.10. The summed E-state index contributed by atoms with van der Waals surface area (Å²) in [6, 6.07) is 17.3. The third-order valence-corrected chi connectivity index (χ3v) is 2.87. The van der Waals surface area contributed by atoms with Crippen molar-refractivity contribution in [3.8, 4) is 0 Å². The molecule has 2 aromatic carbocycles. The second kappa shape index (κ2) is 5.64. The maximum atomic E-state index is 11.7. The van der Waals surface area contributed by atoms with E-state index in [0.717, 1.165) is 20.3 Å². The van der Waals surface area contributed by atoms with Gasteiger partial charge in [0.25, 0.3) is 0 Å². The molecule has 0 bridgehead atoms. The first-order valence-electron chi connectivity index (χ1n) is 5.32. The Morgan fingerprint density at radius 2 is 1.65 bits per heavy atom. The minimum absolute atomic E-state index is 0.372. The molecule has 0 atom stereocenters. The molecule has 2 rings (SSSR count). The van der Waals surface area contributed by atoms with Crippen LogP contribution in [0.4, 0.5) is 0 Å². The second-order valence-electron chi connectivity index (χ2n) is 3.74. The van der Waals surface area contributed by atoms with Gasteiger partial charge in [-0.3, -0.25) is 0 Å². The molecular weight excluding hydrogens is 278 g/mol. The summed E-state index contributed by atoms with van der Waals surface area (Å²) in [5, 5.41) is 11.7. The first kappa shape index (κ1) is 11.9. The fraction of sp³-hybridized carbons (Fsp3) is 0.0714. The van der Waals surface area contributed by atoms with Crippen LogP contribution in [0.5, 0.6) is 0 Å². The molecule has 86 valence electrons. The molecule has 0 saturated heterocycles. The van der Waals surface area contributed by atoms with Crippen LogP contribution in [0.15, 0.2) is 59.1 Å². The maximum Gasteiger partial charge on any atom is 0.182 e. The highest BCUT2D eigenvalue weighted by atomic mass is 79.9. The van der Waals surface area contributed by atoms with Gasteiger partial charge >= 0.3 is 0 Å². The number of hydroxylamine groups is 1. The number of nitrogens with zero attached hydrogens (tertiary/aromatic N) is 1. The molecule has 0 heterocycles. The largest absolute Gasteiger partial charge is 0.624 e. The zero-order chi connectivity index (χ0) is 12.1. The van der Waals surface area contributed by atoms with Crippen molar-refractivity contribution < 1.29 is 4.74 Å². The summed E-state index contributed by atoms with van der Waals surface area (Å²) in [5.74, 6) is 0. The Balaban J connectivity index is 2.09. The molecule has 3 heteroatoms. The van der Waals surface area contributed by atoms with Gasteiger partial charge in [-0.05, 0) is 24.3 Å². The zero-order valence-electron chi connectivity index (χ0n) is 9.21. The van der Waals surface area contributed by atoms with Crippen LogP contribution in [-0.2, 0) is 6.54 Å². The van der Waals surface area contributed by atoms with Crippen LogP contribution >= 0.6 is 15.9 Å². The summed E-state index contributed by atoms with van der Waals surface area (Å²) in [6.45, 7) is 0.372. The van der Waals surface area contributed by atoms with Crippen molar-refractivity contribution in [1.82, 2.24) is 0 Å². The number of hydrogen-bond acceptors (Lipinski definition) is 1. The van der Waals surface area contributed by atoms with Crippen molar-refractivity contribution in [3.05, 3.63) is 75.4 Å². The van der Waals surface area contributed by atoms with Gasteiger partial charge in [-0.15, -0.1) is 0 Å². The Kier molecular flexibility index (Phi) is 3.94. The Morgan fingerprint density at radius 3 is 2.29 bits per heavy atom. The molecular formula is C14H12BrNO. The van der Waals surface area contributed by atoms with Crippen LogP contribution in [-0.4, -0.2) is 11.0 Å². The van der Waals surface area contributed by atoms with Crippen molar-refractivity contribution in [3.63, 3.8) is 0 Å². The first-order valence-corrected chi connectivity index (χ1v) is 6.11. The van der Waals surface area contributed by atoms with E-state index < -0.39 is 0 Å². The molecule has 0 aliphatic heterocycles. The number of rotatable bonds is 3. The van der Waals surface area contributed by atoms with Crippen LogP contribution in [0, 0.1) is 5.21 Å². The van der Waals surface area contributed by atoms with E-state index in [2.05, 4.69) is 15.9 Å².